The molecule has 0 saturated carbocycles. The third-order valence-electron chi connectivity index (χ3n) is 4.48. The molecule has 3 aromatic rings. The van der Waals surface area contributed by atoms with Crippen LogP contribution in [0.4, 0.5) is 0 Å². The SMILES string of the molecule is CN(C)CCC(NC(=O)c1ccn(COc2cccc(Cl)c2)n1)c1ccc(Cl)cc1. The third kappa shape index (κ3) is 6.49. The van der Waals surface area contributed by atoms with Crippen molar-refractivity contribution >= 4 is 29.1 Å². The molecule has 8 heteroatoms. The third-order valence-corrected chi connectivity index (χ3v) is 4.96. The first-order valence-electron chi connectivity index (χ1n) is 9.53. The largest absolute Gasteiger partial charge is 0.471 e. The first-order chi connectivity index (χ1) is 14.4. The van der Waals surface area contributed by atoms with Crippen molar-refractivity contribution in [1.29, 1.82) is 0 Å². The van der Waals surface area contributed by atoms with Gasteiger partial charge >= 0.3 is 0 Å². The molecule has 0 bridgehead atoms. The lowest BCUT2D eigenvalue weighted by atomic mass is 10.0. The van der Waals surface area contributed by atoms with E-state index in [4.69, 9.17) is 27.9 Å². The Balaban J connectivity index is 1.64. The van der Waals surface area contributed by atoms with E-state index in [2.05, 4.69) is 15.3 Å². The van der Waals surface area contributed by atoms with Crippen LogP contribution in [0.1, 0.15) is 28.5 Å². The van der Waals surface area contributed by atoms with Crippen LogP contribution < -0.4 is 10.1 Å². The summed E-state index contributed by atoms with van der Waals surface area (Å²) in [6, 6.07) is 16.2. The average molecular weight is 447 g/mol. The van der Waals surface area contributed by atoms with Crippen molar-refractivity contribution in [2.45, 2.75) is 19.2 Å². The predicted molar refractivity (Wildman–Crippen MR) is 119 cm³/mol. The summed E-state index contributed by atoms with van der Waals surface area (Å²) >= 11 is 12.0. The molecule has 0 fully saturated rings. The van der Waals surface area contributed by atoms with Crippen LogP contribution in [-0.4, -0.2) is 41.2 Å². The van der Waals surface area contributed by atoms with Crippen LogP contribution in [0.3, 0.4) is 0 Å². The number of benzene rings is 2. The van der Waals surface area contributed by atoms with Gasteiger partial charge in [-0.2, -0.15) is 5.10 Å². The Bertz CT molecular complexity index is 973. The van der Waals surface area contributed by atoms with Crippen LogP contribution in [0.2, 0.25) is 10.0 Å². The van der Waals surface area contributed by atoms with Crippen molar-refractivity contribution in [2.75, 3.05) is 20.6 Å². The van der Waals surface area contributed by atoms with Gasteiger partial charge in [0.2, 0.25) is 0 Å². The molecule has 30 heavy (non-hydrogen) atoms. The van der Waals surface area contributed by atoms with Gasteiger partial charge in [0.1, 0.15) is 11.4 Å². The molecule has 0 saturated heterocycles. The number of nitrogens with one attached hydrogen (secondary N) is 1. The maximum Gasteiger partial charge on any atom is 0.272 e. The molecule has 2 aromatic carbocycles. The lowest BCUT2D eigenvalue weighted by Crippen LogP contribution is -2.31. The summed E-state index contributed by atoms with van der Waals surface area (Å²) < 4.78 is 7.22. The van der Waals surface area contributed by atoms with Gasteiger partial charge in [-0.1, -0.05) is 41.4 Å². The van der Waals surface area contributed by atoms with Gasteiger partial charge in [-0.15, -0.1) is 0 Å². The van der Waals surface area contributed by atoms with E-state index in [1.54, 1.807) is 29.1 Å². The standard InChI is InChI=1S/C22H24Cl2N4O2/c1-27(2)12-10-20(16-6-8-17(23)9-7-16)25-22(29)21-11-13-28(26-21)15-30-19-5-3-4-18(24)14-19/h3-9,11,13-14,20H,10,12,15H2,1-2H3,(H,25,29). The van der Waals surface area contributed by atoms with E-state index in [0.29, 0.717) is 21.5 Å². The van der Waals surface area contributed by atoms with Crippen LogP contribution in [0.5, 0.6) is 5.75 Å². The maximum absolute atomic E-state index is 12.8. The Kier molecular flexibility index (Phi) is 7.74. The van der Waals surface area contributed by atoms with Crippen molar-refractivity contribution in [3.8, 4) is 5.75 Å². The van der Waals surface area contributed by atoms with Gasteiger partial charge in [-0.3, -0.25) is 4.79 Å². The number of halogens is 2. The molecule has 0 aliphatic rings. The van der Waals surface area contributed by atoms with E-state index in [9.17, 15) is 4.79 Å². The van der Waals surface area contributed by atoms with Crippen LogP contribution >= 0.6 is 23.2 Å². The van der Waals surface area contributed by atoms with Crippen LogP contribution in [0.15, 0.2) is 60.8 Å². The fourth-order valence-corrected chi connectivity index (χ4v) is 3.20. The molecule has 1 unspecified atom stereocenters. The molecule has 1 N–H and O–H groups in total. The average Bonchev–Trinajstić information content (AvgIpc) is 3.19. The summed E-state index contributed by atoms with van der Waals surface area (Å²) in [7, 11) is 4.00. The summed E-state index contributed by atoms with van der Waals surface area (Å²) in [5, 5.41) is 8.65. The maximum atomic E-state index is 12.8. The predicted octanol–water partition coefficient (Wildman–Crippen LogP) is 4.65. The van der Waals surface area contributed by atoms with E-state index in [0.717, 1.165) is 18.5 Å². The summed E-state index contributed by atoms with van der Waals surface area (Å²) in [6.45, 7) is 1.00. The van der Waals surface area contributed by atoms with Gasteiger partial charge in [0, 0.05) is 16.2 Å². The van der Waals surface area contributed by atoms with Gasteiger partial charge in [0.05, 0.1) is 6.04 Å². The van der Waals surface area contributed by atoms with E-state index in [1.165, 1.54) is 0 Å². The molecule has 1 aromatic heterocycles. The highest BCUT2D eigenvalue weighted by Gasteiger charge is 2.18. The van der Waals surface area contributed by atoms with Gasteiger partial charge in [-0.05, 0) is 69.0 Å². The molecule has 0 aliphatic heterocycles. The first kappa shape index (κ1) is 22.2. The molecule has 6 nitrogen and oxygen atoms in total. The van der Waals surface area contributed by atoms with E-state index >= 15 is 0 Å². The van der Waals surface area contributed by atoms with Crippen LogP contribution in [0, 0.1) is 0 Å². The van der Waals surface area contributed by atoms with Crippen molar-refractivity contribution in [1.82, 2.24) is 20.0 Å². The highest BCUT2D eigenvalue weighted by molar-refractivity contribution is 6.30. The van der Waals surface area contributed by atoms with Crippen molar-refractivity contribution in [3.63, 3.8) is 0 Å². The number of carbonyl (C=O) groups excluding carboxylic acids is 1. The molecule has 1 amide bonds. The lowest BCUT2D eigenvalue weighted by Gasteiger charge is -2.21. The lowest BCUT2D eigenvalue weighted by molar-refractivity contribution is 0.0925. The van der Waals surface area contributed by atoms with E-state index in [1.807, 2.05) is 50.5 Å². The molecule has 0 aliphatic carbocycles. The molecular weight excluding hydrogens is 423 g/mol. The van der Waals surface area contributed by atoms with E-state index < -0.39 is 0 Å². The Morgan fingerprint density at radius 3 is 2.60 bits per heavy atom. The number of ether oxygens (including phenoxy) is 1. The molecule has 3 rings (SSSR count). The van der Waals surface area contributed by atoms with Gasteiger partial charge in [0.25, 0.3) is 5.91 Å². The number of hydrogen-bond donors (Lipinski definition) is 1. The first-order valence-corrected chi connectivity index (χ1v) is 10.3. The topological polar surface area (TPSA) is 59.4 Å². The van der Waals surface area contributed by atoms with Gasteiger partial charge in [-0.25, -0.2) is 4.68 Å². The highest BCUT2D eigenvalue weighted by atomic mass is 35.5. The fourth-order valence-electron chi connectivity index (χ4n) is 2.89. The zero-order valence-electron chi connectivity index (χ0n) is 16.9. The van der Waals surface area contributed by atoms with E-state index in [-0.39, 0.29) is 18.7 Å². The second-order valence-corrected chi connectivity index (χ2v) is 8.01. The van der Waals surface area contributed by atoms with Gasteiger partial charge in [0.15, 0.2) is 6.73 Å². The van der Waals surface area contributed by atoms with Gasteiger partial charge < -0.3 is 15.0 Å². The number of aromatic nitrogens is 2. The number of amides is 1. The molecular formula is C22H24Cl2N4O2. The van der Waals surface area contributed by atoms with Crippen LogP contribution in [-0.2, 0) is 6.73 Å². The second kappa shape index (κ2) is 10.5. The fraction of sp³-hybridized carbons (Fsp3) is 0.273. The minimum absolute atomic E-state index is 0.148. The molecule has 0 spiro atoms. The number of hydrogen-bond acceptors (Lipinski definition) is 4. The smallest absolute Gasteiger partial charge is 0.272 e. The summed E-state index contributed by atoms with van der Waals surface area (Å²) in [4.78, 5) is 14.9. The zero-order valence-corrected chi connectivity index (χ0v) is 18.4. The summed E-state index contributed by atoms with van der Waals surface area (Å²) in [5.41, 5.74) is 1.33. The summed E-state index contributed by atoms with van der Waals surface area (Å²) in [6.07, 6.45) is 2.47. The Morgan fingerprint density at radius 2 is 1.90 bits per heavy atom. The monoisotopic (exact) mass is 446 g/mol. The summed E-state index contributed by atoms with van der Waals surface area (Å²) in [5.74, 6) is 0.394. The Morgan fingerprint density at radius 1 is 1.13 bits per heavy atom. The quantitative estimate of drug-likeness (QED) is 0.519. The minimum atomic E-state index is -0.241. The Hall–Kier alpha value is -2.54. The highest BCUT2D eigenvalue weighted by Crippen LogP contribution is 2.20. The van der Waals surface area contributed by atoms with Crippen molar-refractivity contribution in [2.24, 2.45) is 0 Å². The van der Waals surface area contributed by atoms with Crippen molar-refractivity contribution < 1.29 is 9.53 Å². The molecule has 1 heterocycles. The number of nitrogens with zero attached hydrogens (tertiary/aromatic N) is 3. The molecule has 0 radical (unpaired) electrons. The molecule has 158 valence electrons. The number of rotatable bonds is 9. The molecule has 1 atom stereocenters. The van der Waals surface area contributed by atoms with Crippen LogP contribution in [0.25, 0.3) is 0 Å². The number of carbonyl (C=O) groups is 1. The normalized spacial score (nSPS) is 12.0. The minimum Gasteiger partial charge on any atom is -0.471 e. The Labute approximate surface area is 186 Å². The second-order valence-electron chi connectivity index (χ2n) is 7.14. The van der Waals surface area contributed by atoms with Crippen molar-refractivity contribution in [3.05, 3.63) is 82.1 Å². The zero-order chi connectivity index (χ0) is 21.5.